The summed E-state index contributed by atoms with van der Waals surface area (Å²) in [6.07, 6.45) is 8.37. The van der Waals surface area contributed by atoms with Crippen LogP contribution in [-0.2, 0) is 5.54 Å². The van der Waals surface area contributed by atoms with E-state index >= 15 is 0 Å². The maximum atomic E-state index is 11.5. The van der Waals surface area contributed by atoms with E-state index < -0.39 is 11.6 Å². The number of carboxylic acid groups (broad SMARTS) is 1. The largest absolute Gasteiger partial charge is 0.465 e. The molecule has 0 spiro atoms. The third-order valence-corrected chi connectivity index (χ3v) is 7.42. The van der Waals surface area contributed by atoms with Crippen LogP contribution in [0.15, 0.2) is 85.6 Å². The number of fused-ring (bicyclic) bond motifs is 5. The SMILES string of the molecule is O=C(O)NC1(c2ccc(-c3c(-c4cncnc4)nc4n3-c3cccnc3Nc3ccccc3-4)cc2)CCC1. The van der Waals surface area contributed by atoms with Crippen LogP contribution in [0.4, 0.5) is 16.3 Å². The molecule has 0 unspecified atom stereocenters. The third-order valence-electron chi connectivity index (χ3n) is 7.42. The van der Waals surface area contributed by atoms with Crippen molar-refractivity contribution >= 4 is 17.6 Å². The van der Waals surface area contributed by atoms with Crippen LogP contribution in [0, 0.1) is 0 Å². The number of aromatic nitrogens is 5. The summed E-state index contributed by atoms with van der Waals surface area (Å²) in [5.74, 6) is 1.50. The van der Waals surface area contributed by atoms with Crippen LogP contribution < -0.4 is 10.6 Å². The van der Waals surface area contributed by atoms with Crippen LogP contribution in [0.3, 0.4) is 0 Å². The number of imidazole rings is 1. The highest BCUT2D eigenvalue weighted by Gasteiger charge is 2.40. The fraction of sp³-hybridized carbons (Fsp3) is 0.138. The molecule has 1 saturated carbocycles. The molecule has 0 radical (unpaired) electrons. The Morgan fingerprint density at radius 1 is 0.974 bits per heavy atom. The molecule has 1 aliphatic carbocycles. The van der Waals surface area contributed by atoms with E-state index in [0.29, 0.717) is 0 Å². The van der Waals surface area contributed by atoms with Crippen molar-refractivity contribution in [2.45, 2.75) is 24.8 Å². The van der Waals surface area contributed by atoms with E-state index in [1.165, 1.54) is 6.33 Å². The summed E-state index contributed by atoms with van der Waals surface area (Å²) in [7, 11) is 0. The van der Waals surface area contributed by atoms with Crippen LogP contribution in [-0.4, -0.2) is 35.7 Å². The standard InChI is InChI=1S/C29H23N7O2/c37-28(38)35-29(12-4-13-29)20-10-8-18(9-11-20)25-24(19-15-30-17-31-16-19)34-27-21-5-1-2-6-22(21)33-26-23(36(25)27)7-3-14-32-26/h1-3,5-11,14-17,35H,4,12-13H2,(H,32,33)(H,37,38). The molecule has 1 amide bonds. The zero-order valence-electron chi connectivity index (χ0n) is 20.3. The topological polar surface area (TPSA) is 118 Å². The van der Waals surface area contributed by atoms with Gasteiger partial charge in [-0.2, -0.15) is 0 Å². The molecule has 9 nitrogen and oxygen atoms in total. The van der Waals surface area contributed by atoms with Crippen LogP contribution in [0.5, 0.6) is 0 Å². The second kappa shape index (κ2) is 8.52. The molecule has 5 aromatic rings. The lowest BCUT2D eigenvalue weighted by molar-refractivity contribution is 0.144. The third kappa shape index (κ3) is 3.43. The zero-order chi connectivity index (χ0) is 25.7. The number of hydrogen-bond donors (Lipinski definition) is 3. The summed E-state index contributed by atoms with van der Waals surface area (Å²) in [4.78, 5) is 29.8. The number of anilines is 2. The fourth-order valence-corrected chi connectivity index (χ4v) is 5.48. The number of pyridine rings is 1. The molecule has 9 heteroatoms. The summed E-state index contributed by atoms with van der Waals surface area (Å²) >= 11 is 0. The molecule has 1 fully saturated rings. The Morgan fingerprint density at radius 3 is 2.50 bits per heavy atom. The molecule has 1 aliphatic heterocycles. The molecule has 3 aromatic heterocycles. The van der Waals surface area contributed by atoms with E-state index in [1.807, 2.05) is 60.7 Å². The van der Waals surface area contributed by atoms with Crippen LogP contribution >= 0.6 is 0 Å². The molecule has 4 heterocycles. The van der Waals surface area contributed by atoms with Gasteiger partial charge in [0.05, 0.1) is 22.6 Å². The molecule has 3 N–H and O–H groups in total. The number of nitrogens with one attached hydrogen (secondary N) is 2. The quantitative estimate of drug-likeness (QED) is 0.281. The van der Waals surface area contributed by atoms with Gasteiger partial charge in [-0.3, -0.25) is 4.57 Å². The van der Waals surface area contributed by atoms with Crippen molar-refractivity contribution in [3.8, 4) is 39.6 Å². The normalized spacial score (nSPS) is 14.6. The van der Waals surface area contributed by atoms with Gasteiger partial charge in [-0.1, -0.05) is 36.4 Å². The van der Waals surface area contributed by atoms with Gasteiger partial charge in [0.15, 0.2) is 5.82 Å². The van der Waals surface area contributed by atoms with Gasteiger partial charge >= 0.3 is 6.09 Å². The van der Waals surface area contributed by atoms with Crippen LogP contribution in [0.2, 0.25) is 0 Å². The second-order valence-electron chi connectivity index (χ2n) is 9.58. The Morgan fingerprint density at radius 2 is 1.76 bits per heavy atom. The van der Waals surface area contributed by atoms with Crippen molar-refractivity contribution in [2.24, 2.45) is 0 Å². The molecular weight excluding hydrogens is 478 g/mol. The lowest BCUT2D eigenvalue weighted by Crippen LogP contribution is -2.50. The first kappa shape index (κ1) is 22.2. The van der Waals surface area contributed by atoms with Gasteiger partial charge in [-0.25, -0.2) is 24.7 Å². The van der Waals surface area contributed by atoms with E-state index in [1.54, 1.807) is 18.6 Å². The average molecular weight is 502 g/mol. The summed E-state index contributed by atoms with van der Waals surface area (Å²) in [5, 5.41) is 15.7. The maximum absolute atomic E-state index is 11.5. The Bertz CT molecular complexity index is 1680. The van der Waals surface area contributed by atoms with Gasteiger partial charge in [0, 0.05) is 35.3 Å². The fourth-order valence-electron chi connectivity index (χ4n) is 5.48. The first-order valence-electron chi connectivity index (χ1n) is 12.4. The highest BCUT2D eigenvalue weighted by Crippen LogP contribution is 2.45. The number of hydrogen-bond acceptors (Lipinski definition) is 6. The highest BCUT2D eigenvalue weighted by molar-refractivity contribution is 5.90. The minimum atomic E-state index is -1.00. The van der Waals surface area contributed by atoms with Crippen molar-refractivity contribution in [2.75, 3.05) is 5.32 Å². The Balaban J connectivity index is 1.48. The minimum absolute atomic E-state index is 0.534. The Hall–Kier alpha value is -5.05. The molecule has 0 atom stereocenters. The van der Waals surface area contributed by atoms with E-state index in [-0.39, 0.29) is 0 Å². The summed E-state index contributed by atoms with van der Waals surface area (Å²) in [6.45, 7) is 0. The van der Waals surface area contributed by atoms with Gasteiger partial charge in [-0.15, -0.1) is 0 Å². The van der Waals surface area contributed by atoms with Gasteiger partial charge in [0.25, 0.3) is 0 Å². The summed E-state index contributed by atoms with van der Waals surface area (Å²) in [6, 6.07) is 20.1. The van der Waals surface area contributed by atoms with Gasteiger partial charge in [0.2, 0.25) is 0 Å². The number of nitrogens with zero attached hydrogens (tertiary/aromatic N) is 5. The number of carbonyl (C=O) groups is 1. The molecule has 186 valence electrons. The second-order valence-corrected chi connectivity index (χ2v) is 9.58. The van der Waals surface area contributed by atoms with Crippen LogP contribution in [0.1, 0.15) is 24.8 Å². The van der Waals surface area contributed by atoms with Crippen molar-refractivity contribution in [1.82, 2.24) is 29.8 Å². The van der Waals surface area contributed by atoms with Crippen molar-refractivity contribution < 1.29 is 9.90 Å². The molecule has 2 aliphatic rings. The zero-order valence-corrected chi connectivity index (χ0v) is 20.3. The first-order valence-corrected chi connectivity index (χ1v) is 12.4. The summed E-state index contributed by atoms with van der Waals surface area (Å²) in [5.41, 5.74) is 6.53. The predicted molar refractivity (Wildman–Crippen MR) is 143 cm³/mol. The van der Waals surface area contributed by atoms with E-state index in [4.69, 9.17) is 4.98 Å². The Kier molecular flexibility index (Phi) is 4.97. The Labute approximate surface area is 218 Å². The van der Waals surface area contributed by atoms with E-state index in [9.17, 15) is 9.90 Å². The van der Waals surface area contributed by atoms with E-state index in [2.05, 4.69) is 30.2 Å². The molecule has 38 heavy (non-hydrogen) atoms. The van der Waals surface area contributed by atoms with Crippen molar-refractivity contribution in [1.29, 1.82) is 0 Å². The number of para-hydroxylation sites is 1. The van der Waals surface area contributed by atoms with Crippen molar-refractivity contribution in [3.05, 3.63) is 91.1 Å². The lowest BCUT2D eigenvalue weighted by atomic mass is 9.71. The maximum Gasteiger partial charge on any atom is 0.405 e. The van der Waals surface area contributed by atoms with E-state index in [0.717, 1.165) is 75.9 Å². The monoisotopic (exact) mass is 501 g/mol. The number of amides is 1. The summed E-state index contributed by atoms with van der Waals surface area (Å²) < 4.78 is 2.13. The molecule has 2 aromatic carbocycles. The van der Waals surface area contributed by atoms with Crippen molar-refractivity contribution in [3.63, 3.8) is 0 Å². The molecule has 0 saturated heterocycles. The predicted octanol–water partition coefficient (Wildman–Crippen LogP) is 5.76. The first-order chi connectivity index (χ1) is 18.6. The molecule has 0 bridgehead atoms. The average Bonchev–Trinajstić information content (AvgIpc) is 3.26. The van der Waals surface area contributed by atoms with Gasteiger partial charge in [-0.05, 0) is 49.1 Å². The smallest absolute Gasteiger partial charge is 0.405 e. The molecular formula is C29H23N7O2. The van der Waals surface area contributed by atoms with Gasteiger partial charge < -0.3 is 15.7 Å². The number of benzene rings is 2. The molecule has 7 rings (SSSR count). The van der Waals surface area contributed by atoms with Crippen LogP contribution in [0.25, 0.3) is 39.6 Å². The lowest BCUT2D eigenvalue weighted by Gasteiger charge is -2.42. The number of rotatable bonds is 4. The van der Waals surface area contributed by atoms with Gasteiger partial charge in [0.1, 0.15) is 17.8 Å². The highest BCUT2D eigenvalue weighted by atomic mass is 16.4. The minimum Gasteiger partial charge on any atom is -0.465 e.